The lowest BCUT2D eigenvalue weighted by molar-refractivity contribution is -0.207. The maximum atomic E-state index is 14.7. The molecule has 4 rings (SSSR count). The van der Waals surface area contributed by atoms with Crippen molar-refractivity contribution >= 4 is 5.78 Å². The van der Waals surface area contributed by atoms with Crippen molar-refractivity contribution in [2.45, 2.75) is 77.5 Å². The summed E-state index contributed by atoms with van der Waals surface area (Å²) in [4.78, 5) is 11.9. The molecule has 0 aliphatic heterocycles. The minimum atomic E-state index is -1.97. The van der Waals surface area contributed by atoms with E-state index in [1.165, 1.54) is 0 Å². The highest BCUT2D eigenvalue weighted by Gasteiger charge is 2.65. The molecule has 4 aliphatic rings. The summed E-state index contributed by atoms with van der Waals surface area (Å²) >= 11 is 0. The molecule has 124 valence electrons. The average Bonchev–Trinajstić information content (AvgIpc) is 2.70. The molecule has 0 aromatic rings. The molecule has 4 aliphatic carbocycles. The fraction of sp³-hybridized carbons (Fsp3) is 0.947. The SMILES string of the molecule is C[C@]12CCC(=O)CC1CC[C@@H]1[C@H]2CC[C@@]2(C)[C@H]1CCC2(O)F. The van der Waals surface area contributed by atoms with Gasteiger partial charge in [0, 0.05) is 24.7 Å². The van der Waals surface area contributed by atoms with Crippen molar-refractivity contribution in [3.8, 4) is 0 Å². The van der Waals surface area contributed by atoms with E-state index in [1.54, 1.807) is 0 Å². The van der Waals surface area contributed by atoms with Gasteiger partial charge in [0.2, 0.25) is 5.85 Å². The molecule has 4 fully saturated rings. The molecule has 0 aromatic carbocycles. The van der Waals surface area contributed by atoms with Crippen LogP contribution in [0.15, 0.2) is 0 Å². The second-order valence-electron chi connectivity index (χ2n) is 9.15. The first-order valence-electron chi connectivity index (χ1n) is 9.21. The molecule has 7 atom stereocenters. The summed E-state index contributed by atoms with van der Waals surface area (Å²) in [6.45, 7) is 4.39. The molecule has 3 heteroatoms. The Hall–Kier alpha value is -0.440. The highest BCUT2D eigenvalue weighted by atomic mass is 19.2. The van der Waals surface area contributed by atoms with E-state index in [1.807, 2.05) is 6.92 Å². The average molecular weight is 308 g/mol. The van der Waals surface area contributed by atoms with Gasteiger partial charge in [0.1, 0.15) is 5.78 Å². The highest BCUT2D eigenvalue weighted by Crippen LogP contribution is 2.68. The molecule has 0 amide bonds. The molecule has 0 heterocycles. The van der Waals surface area contributed by atoms with Crippen molar-refractivity contribution < 1.29 is 14.3 Å². The summed E-state index contributed by atoms with van der Waals surface area (Å²) < 4.78 is 14.7. The van der Waals surface area contributed by atoms with Crippen molar-refractivity contribution in [3.05, 3.63) is 0 Å². The Bertz CT molecular complexity index is 502. The van der Waals surface area contributed by atoms with Gasteiger partial charge in [-0.2, -0.15) is 0 Å². The molecule has 2 unspecified atom stereocenters. The minimum absolute atomic E-state index is 0.273. The fourth-order valence-electron chi connectivity index (χ4n) is 7.01. The predicted octanol–water partition coefficient (Wildman–Crippen LogP) is 4.26. The zero-order chi connectivity index (χ0) is 15.8. The number of alkyl halides is 1. The van der Waals surface area contributed by atoms with E-state index in [0.29, 0.717) is 35.9 Å². The van der Waals surface area contributed by atoms with Gasteiger partial charge in [0.15, 0.2) is 0 Å². The quantitative estimate of drug-likeness (QED) is 0.726. The second-order valence-corrected chi connectivity index (χ2v) is 9.15. The van der Waals surface area contributed by atoms with Crippen molar-refractivity contribution in [3.63, 3.8) is 0 Å². The topological polar surface area (TPSA) is 37.3 Å². The third-order valence-electron chi connectivity index (χ3n) is 8.53. The molecular formula is C19H29FO2. The van der Waals surface area contributed by atoms with Gasteiger partial charge < -0.3 is 5.11 Å². The minimum Gasteiger partial charge on any atom is -0.361 e. The third-order valence-corrected chi connectivity index (χ3v) is 8.53. The van der Waals surface area contributed by atoms with Gasteiger partial charge >= 0.3 is 0 Å². The zero-order valence-electron chi connectivity index (χ0n) is 13.9. The number of Topliss-reactive ketones (excluding diaryl/α,β-unsaturated/α-hetero) is 1. The van der Waals surface area contributed by atoms with Crippen molar-refractivity contribution in [1.29, 1.82) is 0 Å². The van der Waals surface area contributed by atoms with Gasteiger partial charge in [-0.3, -0.25) is 4.79 Å². The Morgan fingerprint density at radius 3 is 2.55 bits per heavy atom. The molecular weight excluding hydrogens is 279 g/mol. The summed E-state index contributed by atoms with van der Waals surface area (Å²) in [5, 5.41) is 10.3. The number of ketones is 1. The van der Waals surface area contributed by atoms with Crippen LogP contribution in [-0.2, 0) is 4.79 Å². The summed E-state index contributed by atoms with van der Waals surface area (Å²) in [6.07, 6.45) is 7.80. The Balaban J connectivity index is 1.65. The van der Waals surface area contributed by atoms with Crippen molar-refractivity contribution in [1.82, 2.24) is 0 Å². The van der Waals surface area contributed by atoms with E-state index < -0.39 is 11.3 Å². The highest BCUT2D eigenvalue weighted by molar-refractivity contribution is 5.79. The Kier molecular flexibility index (Phi) is 3.13. The summed E-state index contributed by atoms with van der Waals surface area (Å²) in [5.74, 6) is 0.537. The van der Waals surface area contributed by atoms with Crippen LogP contribution in [0.25, 0.3) is 0 Å². The van der Waals surface area contributed by atoms with Gasteiger partial charge in [0.25, 0.3) is 0 Å². The van der Waals surface area contributed by atoms with E-state index in [0.717, 1.165) is 51.4 Å². The standard InChI is InChI=1S/C19H29FO2/c1-17-8-5-13(21)11-12(17)3-4-14-15(17)6-9-18(2)16(14)7-10-19(18,20)22/h12,14-16,22H,3-11H2,1-2H3/t12?,14-,15-,16+,17+,18+,19?/m1/s1. The van der Waals surface area contributed by atoms with Crippen molar-refractivity contribution in [2.24, 2.45) is 34.5 Å². The van der Waals surface area contributed by atoms with E-state index in [4.69, 9.17) is 0 Å². The van der Waals surface area contributed by atoms with Crippen LogP contribution in [0.4, 0.5) is 4.39 Å². The lowest BCUT2D eigenvalue weighted by atomic mass is 9.45. The van der Waals surface area contributed by atoms with Crippen LogP contribution < -0.4 is 0 Å². The van der Waals surface area contributed by atoms with Gasteiger partial charge in [0.05, 0.1) is 0 Å². The molecule has 0 spiro atoms. The molecule has 4 saturated carbocycles. The summed E-state index contributed by atoms with van der Waals surface area (Å²) in [6, 6.07) is 0. The maximum Gasteiger partial charge on any atom is 0.212 e. The number of halogens is 1. The number of hydrogen-bond donors (Lipinski definition) is 1. The molecule has 0 aromatic heterocycles. The van der Waals surface area contributed by atoms with E-state index in [2.05, 4.69) is 6.92 Å². The van der Waals surface area contributed by atoms with E-state index in [9.17, 15) is 14.3 Å². The van der Waals surface area contributed by atoms with Crippen LogP contribution >= 0.6 is 0 Å². The van der Waals surface area contributed by atoms with Gasteiger partial charge in [-0.25, -0.2) is 4.39 Å². The molecule has 0 bridgehead atoms. The van der Waals surface area contributed by atoms with Crippen LogP contribution in [-0.4, -0.2) is 16.7 Å². The molecule has 22 heavy (non-hydrogen) atoms. The molecule has 2 nitrogen and oxygen atoms in total. The Morgan fingerprint density at radius 1 is 1.05 bits per heavy atom. The van der Waals surface area contributed by atoms with Crippen LogP contribution in [0, 0.1) is 34.5 Å². The summed E-state index contributed by atoms with van der Waals surface area (Å²) in [7, 11) is 0. The normalized spacial score (nSPS) is 57.9. The van der Waals surface area contributed by atoms with Crippen LogP contribution in [0.5, 0.6) is 0 Å². The maximum absolute atomic E-state index is 14.7. The van der Waals surface area contributed by atoms with Crippen LogP contribution in [0.2, 0.25) is 0 Å². The van der Waals surface area contributed by atoms with E-state index >= 15 is 0 Å². The number of carbonyl (C=O) groups is 1. The number of fused-ring (bicyclic) bond motifs is 5. The van der Waals surface area contributed by atoms with Crippen LogP contribution in [0.1, 0.15) is 71.6 Å². The second kappa shape index (κ2) is 4.55. The third kappa shape index (κ3) is 1.78. The first kappa shape index (κ1) is 15.1. The van der Waals surface area contributed by atoms with Crippen molar-refractivity contribution in [2.75, 3.05) is 0 Å². The van der Waals surface area contributed by atoms with Gasteiger partial charge in [-0.15, -0.1) is 0 Å². The van der Waals surface area contributed by atoms with E-state index in [-0.39, 0.29) is 5.41 Å². The molecule has 1 N–H and O–H groups in total. The first-order chi connectivity index (χ1) is 10.3. The van der Waals surface area contributed by atoms with Gasteiger partial charge in [-0.05, 0) is 67.6 Å². The number of aliphatic hydroxyl groups is 1. The Morgan fingerprint density at radius 2 is 1.77 bits per heavy atom. The monoisotopic (exact) mass is 308 g/mol. The first-order valence-corrected chi connectivity index (χ1v) is 9.21. The lowest BCUT2D eigenvalue weighted by Gasteiger charge is -2.60. The number of carbonyl (C=O) groups excluding carboxylic acids is 1. The lowest BCUT2D eigenvalue weighted by Crippen LogP contribution is -2.55. The molecule has 0 radical (unpaired) electrons. The van der Waals surface area contributed by atoms with Gasteiger partial charge in [-0.1, -0.05) is 13.8 Å². The Labute approximate surface area is 132 Å². The largest absolute Gasteiger partial charge is 0.361 e. The number of hydrogen-bond acceptors (Lipinski definition) is 2. The predicted molar refractivity (Wildman–Crippen MR) is 82.8 cm³/mol. The summed E-state index contributed by atoms with van der Waals surface area (Å²) in [5.41, 5.74) is -0.267. The fourth-order valence-corrected chi connectivity index (χ4v) is 7.01. The zero-order valence-corrected chi connectivity index (χ0v) is 13.9. The number of rotatable bonds is 0. The molecule has 0 saturated heterocycles. The smallest absolute Gasteiger partial charge is 0.212 e. The van der Waals surface area contributed by atoms with Crippen LogP contribution in [0.3, 0.4) is 0 Å².